The fourth-order valence-electron chi connectivity index (χ4n) is 6.07. The van der Waals surface area contributed by atoms with E-state index in [1.165, 1.54) is 21.9 Å². The summed E-state index contributed by atoms with van der Waals surface area (Å²) in [6, 6.07) is 62.2. The lowest BCUT2D eigenvalue weighted by molar-refractivity contribution is 0.631. The summed E-state index contributed by atoms with van der Waals surface area (Å²) in [6.07, 6.45) is 0. The van der Waals surface area contributed by atoms with Crippen molar-refractivity contribution < 1.29 is 4.42 Å². The number of benzene rings is 7. The van der Waals surface area contributed by atoms with E-state index in [1.807, 2.05) is 12.1 Å². The third kappa shape index (κ3) is 4.83. The van der Waals surface area contributed by atoms with Gasteiger partial charge in [0.1, 0.15) is 11.3 Å². The molecule has 0 saturated carbocycles. The van der Waals surface area contributed by atoms with Crippen LogP contribution in [0.4, 0.5) is 17.1 Å². The molecule has 0 aliphatic heterocycles. The fraction of sp³-hybridized carbons (Fsp3) is 0. The molecule has 0 fully saturated rings. The van der Waals surface area contributed by atoms with Crippen molar-refractivity contribution in [3.63, 3.8) is 0 Å². The van der Waals surface area contributed by atoms with Crippen LogP contribution in [0.25, 0.3) is 55.3 Å². The van der Waals surface area contributed by atoms with Gasteiger partial charge in [-0.25, -0.2) is 0 Å². The van der Waals surface area contributed by atoms with Gasteiger partial charge in [0.2, 0.25) is 0 Å². The number of hydrogen-bond acceptors (Lipinski definition) is 2. The Balaban J connectivity index is 1.40. The molecule has 0 bridgehead atoms. The van der Waals surface area contributed by atoms with Crippen molar-refractivity contribution in [2.45, 2.75) is 0 Å². The number of rotatable bonds is 6. The lowest BCUT2D eigenvalue weighted by atomic mass is 9.96. The van der Waals surface area contributed by atoms with Crippen LogP contribution < -0.4 is 4.90 Å². The van der Waals surface area contributed by atoms with E-state index >= 15 is 0 Å². The van der Waals surface area contributed by atoms with Gasteiger partial charge in [0.15, 0.2) is 0 Å². The molecule has 0 N–H and O–H groups in total. The van der Waals surface area contributed by atoms with E-state index in [2.05, 4.69) is 169 Å². The number of fused-ring (bicyclic) bond motifs is 2. The molecule has 0 radical (unpaired) electrons. The van der Waals surface area contributed by atoms with Gasteiger partial charge in [0.05, 0.1) is 5.69 Å². The van der Waals surface area contributed by atoms with Crippen LogP contribution in [0.3, 0.4) is 0 Å². The van der Waals surface area contributed by atoms with Crippen LogP contribution in [0.15, 0.2) is 180 Å². The molecule has 0 saturated heterocycles. The van der Waals surface area contributed by atoms with Crippen LogP contribution in [0.2, 0.25) is 0 Å². The molecule has 2 nitrogen and oxygen atoms in total. The van der Waals surface area contributed by atoms with Crippen LogP contribution in [-0.4, -0.2) is 0 Å². The highest BCUT2D eigenvalue weighted by Gasteiger charge is 2.21. The zero-order chi connectivity index (χ0) is 29.3. The molecule has 0 aliphatic carbocycles. The van der Waals surface area contributed by atoms with Gasteiger partial charge in [-0.05, 0) is 87.6 Å². The highest BCUT2D eigenvalue weighted by molar-refractivity contribution is 5.95. The van der Waals surface area contributed by atoms with Gasteiger partial charge < -0.3 is 9.32 Å². The average Bonchev–Trinajstić information content (AvgIpc) is 3.54. The van der Waals surface area contributed by atoms with Crippen LogP contribution in [0.1, 0.15) is 0 Å². The van der Waals surface area contributed by atoms with Crippen molar-refractivity contribution in [1.29, 1.82) is 0 Å². The van der Waals surface area contributed by atoms with E-state index in [-0.39, 0.29) is 0 Å². The standard InChI is InChI=1S/C42H29NO/c1-3-13-30(14-4-1)35-25-36(31-15-5-2-6-16-31)28-38(27-35)43(37-24-23-32-17-7-8-18-33(32)26-37)40-21-11-10-20-39(40)42-29-34-19-9-12-22-41(34)44-42/h1-29H. The molecular formula is C42H29NO. The van der Waals surface area contributed by atoms with Gasteiger partial charge in [-0.3, -0.25) is 0 Å². The molecule has 0 aliphatic rings. The summed E-state index contributed by atoms with van der Waals surface area (Å²) < 4.78 is 6.45. The molecule has 7 aromatic carbocycles. The van der Waals surface area contributed by atoms with Gasteiger partial charge in [-0.1, -0.05) is 121 Å². The van der Waals surface area contributed by atoms with E-state index in [1.54, 1.807) is 0 Å². The summed E-state index contributed by atoms with van der Waals surface area (Å²) >= 11 is 0. The molecule has 208 valence electrons. The van der Waals surface area contributed by atoms with Crippen molar-refractivity contribution in [1.82, 2.24) is 0 Å². The van der Waals surface area contributed by atoms with Crippen LogP contribution in [-0.2, 0) is 0 Å². The third-order valence-electron chi connectivity index (χ3n) is 8.22. The number of hydrogen-bond donors (Lipinski definition) is 0. The summed E-state index contributed by atoms with van der Waals surface area (Å²) in [6.45, 7) is 0. The van der Waals surface area contributed by atoms with Crippen molar-refractivity contribution >= 4 is 38.8 Å². The first kappa shape index (κ1) is 25.8. The Morgan fingerprint density at radius 2 is 0.955 bits per heavy atom. The maximum Gasteiger partial charge on any atom is 0.137 e. The van der Waals surface area contributed by atoms with Gasteiger partial charge >= 0.3 is 0 Å². The molecule has 1 heterocycles. The molecule has 8 rings (SSSR count). The van der Waals surface area contributed by atoms with Crippen LogP contribution >= 0.6 is 0 Å². The van der Waals surface area contributed by atoms with E-state index in [4.69, 9.17) is 4.42 Å². The Hall–Kier alpha value is -5.86. The maximum absolute atomic E-state index is 6.45. The maximum atomic E-state index is 6.45. The minimum absolute atomic E-state index is 0.843. The topological polar surface area (TPSA) is 16.4 Å². The predicted molar refractivity (Wildman–Crippen MR) is 185 cm³/mol. The average molecular weight is 564 g/mol. The number of anilines is 3. The first-order valence-electron chi connectivity index (χ1n) is 14.9. The van der Waals surface area contributed by atoms with Crippen molar-refractivity contribution in [2.75, 3.05) is 4.90 Å². The largest absolute Gasteiger partial charge is 0.456 e. The van der Waals surface area contributed by atoms with E-state index < -0.39 is 0 Å². The minimum atomic E-state index is 0.843. The molecule has 0 atom stereocenters. The van der Waals surface area contributed by atoms with Crippen molar-refractivity contribution in [3.05, 3.63) is 176 Å². The number of para-hydroxylation sites is 2. The third-order valence-corrected chi connectivity index (χ3v) is 8.22. The van der Waals surface area contributed by atoms with Gasteiger partial charge in [0, 0.05) is 22.3 Å². The second kappa shape index (κ2) is 11.1. The zero-order valence-electron chi connectivity index (χ0n) is 24.1. The summed E-state index contributed by atoms with van der Waals surface area (Å²) in [4.78, 5) is 2.37. The lowest BCUT2D eigenvalue weighted by Crippen LogP contribution is -2.11. The number of nitrogens with zero attached hydrogens (tertiary/aromatic N) is 1. The monoisotopic (exact) mass is 563 g/mol. The van der Waals surface area contributed by atoms with Gasteiger partial charge in [-0.15, -0.1) is 0 Å². The summed E-state index contributed by atoms with van der Waals surface area (Å²) in [7, 11) is 0. The van der Waals surface area contributed by atoms with Crippen LogP contribution in [0, 0.1) is 0 Å². The molecule has 2 heteroatoms. The lowest BCUT2D eigenvalue weighted by Gasteiger charge is -2.28. The van der Waals surface area contributed by atoms with Gasteiger partial charge in [0.25, 0.3) is 0 Å². The highest BCUT2D eigenvalue weighted by Crippen LogP contribution is 2.44. The van der Waals surface area contributed by atoms with E-state index in [9.17, 15) is 0 Å². The molecule has 8 aromatic rings. The number of furan rings is 1. The van der Waals surface area contributed by atoms with E-state index in [0.717, 1.165) is 50.5 Å². The fourth-order valence-corrected chi connectivity index (χ4v) is 6.07. The summed E-state index contributed by atoms with van der Waals surface area (Å²) in [5.41, 5.74) is 9.79. The summed E-state index contributed by atoms with van der Waals surface area (Å²) in [5.74, 6) is 0.843. The summed E-state index contributed by atoms with van der Waals surface area (Å²) in [5, 5.41) is 3.50. The zero-order valence-corrected chi connectivity index (χ0v) is 24.1. The molecular weight excluding hydrogens is 534 g/mol. The second-order valence-electron chi connectivity index (χ2n) is 11.0. The molecule has 0 unspecified atom stereocenters. The Morgan fingerprint density at radius 3 is 1.66 bits per heavy atom. The second-order valence-corrected chi connectivity index (χ2v) is 11.0. The highest BCUT2D eigenvalue weighted by atomic mass is 16.3. The first-order valence-corrected chi connectivity index (χ1v) is 14.9. The van der Waals surface area contributed by atoms with Crippen molar-refractivity contribution in [3.8, 4) is 33.6 Å². The Labute approximate surface area is 257 Å². The minimum Gasteiger partial charge on any atom is -0.456 e. The Morgan fingerprint density at radius 1 is 0.364 bits per heavy atom. The molecule has 1 aromatic heterocycles. The van der Waals surface area contributed by atoms with Crippen molar-refractivity contribution in [2.24, 2.45) is 0 Å². The van der Waals surface area contributed by atoms with E-state index in [0.29, 0.717) is 0 Å². The molecule has 0 amide bonds. The quantitative estimate of drug-likeness (QED) is 0.200. The van der Waals surface area contributed by atoms with Crippen LogP contribution in [0.5, 0.6) is 0 Å². The first-order chi connectivity index (χ1) is 21.8. The molecule has 0 spiro atoms. The normalized spacial score (nSPS) is 11.2. The van der Waals surface area contributed by atoms with Gasteiger partial charge in [-0.2, -0.15) is 0 Å². The SMILES string of the molecule is c1ccc(-c2cc(-c3ccccc3)cc(N(c3ccc4ccccc4c3)c3ccccc3-c3cc4ccccc4o3)c2)cc1. The predicted octanol–water partition coefficient (Wildman–Crippen LogP) is 12.1. The Kier molecular flexibility index (Phi) is 6.51. The smallest absolute Gasteiger partial charge is 0.137 e. The Bertz CT molecular complexity index is 2140. The molecule has 44 heavy (non-hydrogen) atoms.